The van der Waals surface area contributed by atoms with Gasteiger partial charge < -0.3 is 11.1 Å². The van der Waals surface area contributed by atoms with Crippen LogP contribution in [0.3, 0.4) is 0 Å². The van der Waals surface area contributed by atoms with Crippen molar-refractivity contribution >= 4 is 17.4 Å². The van der Waals surface area contributed by atoms with Crippen LogP contribution in [0.4, 0.5) is 5.69 Å². The van der Waals surface area contributed by atoms with E-state index >= 15 is 0 Å². The van der Waals surface area contributed by atoms with Gasteiger partial charge in [-0.05, 0) is 55.0 Å². The maximum absolute atomic E-state index is 12.4. The molecular weight excluding hydrogens is 338 g/mol. The summed E-state index contributed by atoms with van der Waals surface area (Å²) in [6, 6.07) is 12.9. The summed E-state index contributed by atoms with van der Waals surface area (Å²) in [4.78, 5) is 12.4. The Morgan fingerprint density at radius 2 is 1.81 bits per heavy atom. The first-order valence-corrected chi connectivity index (χ1v) is 8.52. The minimum absolute atomic E-state index is 0.0484. The lowest BCUT2D eigenvalue weighted by Crippen LogP contribution is -2.38. The molecule has 4 N–H and O–H groups in total. The molecule has 0 saturated carbocycles. The molecule has 0 bridgehead atoms. The fourth-order valence-corrected chi connectivity index (χ4v) is 2.40. The van der Waals surface area contributed by atoms with E-state index in [0.29, 0.717) is 17.7 Å². The summed E-state index contributed by atoms with van der Waals surface area (Å²) in [5, 5.41) is 13.9. The van der Waals surface area contributed by atoms with Gasteiger partial charge in [-0.3, -0.25) is 15.2 Å². The maximum atomic E-state index is 12.4. The average Bonchev–Trinajstić information content (AvgIpc) is 2.64. The number of anilines is 1. The first-order chi connectivity index (χ1) is 12.8. The van der Waals surface area contributed by atoms with Gasteiger partial charge in [-0.1, -0.05) is 11.8 Å². The maximum Gasteiger partial charge on any atom is 0.268 e. The molecule has 2 aromatic carbocycles. The molecule has 0 aliphatic heterocycles. The van der Waals surface area contributed by atoms with Crippen molar-refractivity contribution in [1.29, 1.82) is 5.41 Å². The normalized spacial score (nSPS) is 10.1. The Morgan fingerprint density at radius 1 is 1.15 bits per heavy atom. The fourth-order valence-electron chi connectivity index (χ4n) is 2.40. The summed E-state index contributed by atoms with van der Waals surface area (Å²) in [5.41, 5.74) is 9.47. The zero-order valence-electron chi connectivity index (χ0n) is 16.1. The second-order valence-electron chi connectivity index (χ2n) is 6.35. The van der Waals surface area contributed by atoms with Crippen LogP contribution in [-0.4, -0.2) is 49.4 Å². The van der Waals surface area contributed by atoms with E-state index < -0.39 is 0 Å². The van der Waals surface area contributed by atoms with Gasteiger partial charge in [0.05, 0.1) is 6.54 Å². The number of aryl methyl sites for hydroxylation is 1. The predicted octanol–water partition coefficient (Wildman–Crippen LogP) is 2.29. The van der Waals surface area contributed by atoms with Gasteiger partial charge in [0.2, 0.25) is 0 Å². The van der Waals surface area contributed by atoms with E-state index in [1.54, 1.807) is 29.2 Å². The minimum atomic E-state index is -0.0484. The predicted molar refractivity (Wildman–Crippen MR) is 110 cm³/mol. The molecule has 27 heavy (non-hydrogen) atoms. The molecule has 0 unspecified atom stereocenters. The van der Waals surface area contributed by atoms with Crippen LogP contribution in [0.15, 0.2) is 42.5 Å². The minimum Gasteiger partial charge on any atom is -0.384 e. The highest BCUT2D eigenvalue weighted by Gasteiger charge is 2.15. The van der Waals surface area contributed by atoms with Crippen molar-refractivity contribution in [2.24, 2.45) is 5.73 Å². The van der Waals surface area contributed by atoms with E-state index in [1.165, 1.54) is 0 Å². The van der Waals surface area contributed by atoms with Crippen molar-refractivity contribution in [3.05, 3.63) is 64.7 Å². The molecule has 0 atom stereocenters. The van der Waals surface area contributed by atoms with Crippen LogP contribution < -0.4 is 11.1 Å². The summed E-state index contributed by atoms with van der Waals surface area (Å²) in [7, 11) is 5.39. The standard InChI is InChI=1S/C21H25N5O/c1-15-14-16(7-12-19(15)21(27)26(4)25(2)3)6-5-13-24-18-10-8-17(9-11-18)20(22)23/h7-12,14,24H,13H2,1-4H3,(H3,22,23). The monoisotopic (exact) mass is 363 g/mol. The quantitative estimate of drug-likeness (QED) is 0.329. The van der Waals surface area contributed by atoms with Gasteiger partial charge >= 0.3 is 0 Å². The molecule has 0 aromatic heterocycles. The smallest absolute Gasteiger partial charge is 0.268 e. The topological polar surface area (TPSA) is 85.4 Å². The molecule has 0 aliphatic carbocycles. The third-order valence-corrected chi connectivity index (χ3v) is 4.16. The van der Waals surface area contributed by atoms with Crippen LogP contribution >= 0.6 is 0 Å². The van der Waals surface area contributed by atoms with Crippen molar-refractivity contribution in [2.75, 3.05) is 33.0 Å². The summed E-state index contributed by atoms with van der Waals surface area (Å²) in [6.07, 6.45) is 0. The number of nitrogens with zero attached hydrogens (tertiary/aromatic N) is 2. The van der Waals surface area contributed by atoms with Crippen LogP contribution in [0.25, 0.3) is 0 Å². The van der Waals surface area contributed by atoms with Gasteiger partial charge in [0.25, 0.3) is 5.91 Å². The van der Waals surface area contributed by atoms with Crippen LogP contribution in [-0.2, 0) is 0 Å². The molecule has 0 saturated heterocycles. The van der Waals surface area contributed by atoms with E-state index in [9.17, 15) is 4.79 Å². The van der Waals surface area contributed by atoms with Gasteiger partial charge in [0, 0.05) is 43.5 Å². The van der Waals surface area contributed by atoms with Gasteiger partial charge in [-0.2, -0.15) is 0 Å². The Labute approximate surface area is 160 Å². The number of hydrogen-bond acceptors (Lipinski definition) is 4. The molecule has 6 heteroatoms. The zero-order chi connectivity index (χ0) is 20.0. The number of hydrogen-bond donors (Lipinski definition) is 3. The first kappa shape index (κ1) is 20.0. The van der Waals surface area contributed by atoms with Crippen molar-refractivity contribution in [3.8, 4) is 11.8 Å². The lowest BCUT2D eigenvalue weighted by molar-refractivity contribution is 0.0341. The van der Waals surface area contributed by atoms with Gasteiger partial charge in [0.15, 0.2) is 0 Å². The number of hydrazine groups is 1. The van der Waals surface area contributed by atoms with Crippen molar-refractivity contribution in [3.63, 3.8) is 0 Å². The van der Waals surface area contributed by atoms with Crippen LogP contribution in [0.5, 0.6) is 0 Å². The fraction of sp³-hybridized carbons (Fsp3) is 0.238. The lowest BCUT2D eigenvalue weighted by atomic mass is 10.0. The molecule has 2 aromatic rings. The summed E-state index contributed by atoms with van der Waals surface area (Å²) in [6.45, 7) is 2.40. The number of nitrogen functional groups attached to an aromatic ring is 1. The Kier molecular flexibility index (Phi) is 6.58. The molecule has 0 heterocycles. The molecule has 0 fully saturated rings. The van der Waals surface area contributed by atoms with Crippen LogP contribution in [0, 0.1) is 24.2 Å². The Morgan fingerprint density at radius 3 is 2.37 bits per heavy atom. The summed E-state index contributed by atoms with van der Waals surface area (Å²) >= 11 is 0. The van der Waals surface area contributed by atoms with E-state index in [2.05, 4.69) is 17.2 Å². The molecular formula is C21H25N5O. The van der Waals surface area contributed by atoms with Crippen molar-refractivity contribution in [2.45, 2.75) is 6.92 Å². The average molecular weight is 363 g/mol. The Hall–Kier alpha value is -3.30. The third kappa shape index (κ3) is 5.33. The number of nitrogens with one attached hydrogen (secondary N) is 2. The SMILES string of the molecule is Cc1cc(C#CCNc2ccc(C(=N)N)cc2)ccc1C(=O)N(C)N(C)C. The number of amides is 1. The third-order valence-electron chi connectivity index (χ3n) is 4.16. The molecule has 0 radical (unpaired) electrons. The second kappa shape index (κ2) is 8.88. The molecule has 0 spiro atoms. The molecule has 6 nitrogen and oxygen atoms in total. The number of benzene rings is 2. The number of carbonyl (C=O) groups excluding carboxylic acids is 1. The van der Waals surface area contributed by atoms with Gasteiger partial charge in [-0.25, -0.2) is 5.01 Å². The van der Waals surface area contributed by atoms with Crippen molar-refractivity contribution in [1.82, 2.24) is 10.0 Å². The number of carbonyl (C=O) groups is 1. The van der Waals surface area contributed by atoms with Crippen LogP contribution in [0.2, 0.25) is 0 Å². The number of rotatable bonds is 5. The highest BCUT2D eigenvalue weighted by molar-refractivity contribution is 5.95. The van der Waals surface area contributed by atoms with Gasteiger partial charge in [-0.15, -0.1) is 0 Å². The first-order valence-electron chi connectivity index (χ1n) is 8.52. The second-order valence-corrected chi connectivity index (χ2v) is 6.35. The zero-order valence-corrected chi connectivity index (χ0v) is 16.1. The lowest BCUT2D eigenvalue weighted by Gasteiger charge is -2.24. The Balaban J connectivity index is 1.99. The Bertz CT molecular complexity index is 891. The van der Waals surface area contributed by atoms with Crippen molar-refractivity contribution < 1.29 is 4.79 Å². The highest BCUT2D eigenvalue weighted by Crippen LogP contribution is 2.13. The van der Waals surface area contributed by atoms with E-state index in [0.717, 1.165) is 16.8 Å². The molecule has 140 valence electrons. The molecule has 2 rings (SSSR count). The van der Waals surface area contributed by atoms with Crippen LogP contribution in [0.1, 0.15) is 27.0 Å². The van der Waals surface area contributed by atoms with E-state index in [-0.39, 0.29) is 11.7 Å². The summed E-state index contributed by atoms with van der Waals surface area (Å²) in [5.74, 6) is 6.18. The molecule has 1 amide bonds. The highest BCUT2D eigenvalue weighted by atomic mass is 16.2. The van der Waals surface area contributed by atoms with E-state index in [1.807, 2.05) is 51.4 Å². The largest absolute Gasteiger partial charge is 0.384 e. The molecule has 0 aliphatic rings. The van der Waals surface area contributed by atoms with E-state index in [4.69, 9.17) is 11.1 Å². The number of amidine groups is 1. The number of nitrogens with two attached hydrogens (primary N) is 1. The summed E-state index contributed by atoms with van der Waals surface area (Å²) < 4.78 is 0. The van der Waals surface area contributed by atoms with Gasteiger partial charge in [0.1, 0.15) is 5.84 Å².